The highest BCUT2D eigenvalue weighted by Crippen LogP contribution is 2.37. The molecule has 2 heterocycles. The molecule has 0 atom stereocenters. The van der Waals surface area contributed by atoms with Crippen LogP contribution < -0.4 is 5.32 Å². The zero-order valence-corrected chi connectivity index (χ0v) is 19.2. The summed E-state index contributed by atoms with van der Waals surface area (Å²) in [6.07, 6.45) is 1.57. The molecule has 0 saturated carbocycles. The molecule has 0 spiro atoms. The molecule has 7 heteroatoms. The van der Waals surface area contributed by atoms with E-state index in [4.69, 9.17) is 4.74 Å². The third-order valence-corrected chi connectivity index (χ3v) is 5.80. The van der Waals surface area contributed by atoms with E-state index < -0.39 is 0 Å². The van der Waals surface area contributed by atoms with Crippen molar-refractivity contribution in [1.82, 2.24) is 9.97 Å². The quantitative estimate of drug-likeness (QED) is 0.324. The van der Waals surface area contributed by atoms with Crippen LogP contribution in [0.1, 0.15) is 42.6 Å². The van der Waals surface area contributed by atoms with Crippen molar-refractivity contribution in [2.45, 2.75) is 26.7 Å². The number of nitrogens with zero attached hydrogens (tertiary/aromatic N) is 2. The first-order valence-electron chi connectivity index (χ1n) is 9.93. The number of nitrogens with one attached hydrogen (secondary N) is 1. The van der Waals surface area contributed by atoms with E-state index in [1.54, 1.807) is 36.7 Å². The van der Waals surface area contributed by atoms with Crippen molar-refractivity contribution in [3.05, 3.63) is 71.4 Å². The molecule has 5 nitrogen and oxygen atoms in total. The molecule has 0 fully saturated rings. The lowest BCUT2D eigenvalue weighted by Gasteiger charge is -2.10. The predicted molar refractivity (Wildman–Crippen MR) is 130 cm³/mol. The van der Waals surface area contributed by atoms with Crippen molar-refractivity contribution in [2.75, 3.05) is 11.9 Å². The minimum Gasteiger partial charge on any atom is -0.462 e. The van der Waals surface area contributed by atoms with Crippen LogP contribution in [-0.4, -0.2) is 22.5 Å². The monoisotopic (exact) mass is 453 g/mol. The fraction of sp³-hybridized carbons (Fsp3) is 0.208. The molecule has 0 aliphatic rings. The maximum atomic E-state index is 11.9. The van der Waals surface area contributed by atoms with E-state index in [-0.39, 0.29) is 18.4 Å². The predicted octanol–water partition coefficient (Wildman–Crippen LogP) is 6.82. The number of ether oxygens (including phenoxy) is 1. The van der Waals surface area contributed by atoms with Gasteiger partial charge in [0.05, 0.1) is 17.6 Å². The van der Waals surface area contributed by atoms with Gasteiger partial charge in [0, 0.05) is 16.6 Å². The molecule has 0 bridgehead atoms. The maximum absolute atomic E-state index is 11.9. The maximum Gasteiger partial charge on any atom is 0.338 e. The molecule has 2 aromatic carbocycles. The van der Waals surface area contributed by atoms with E-state index in [0.717, 1.165) is 32.8 Å². The Morgan fingerprint density at radius 1 is 1.06 bits per heavy atom. The molecule has 0 radical (unpaired) electrons. The second-order valence-electron chi connectivity index (χ2n) is 7.25. The number of benzene rings is 2. The zero-order chi connectivity index (χ0) is 21.1. The molecular weight excluding hydrogens is 430 g/mol. The summed E-state index contributed by atoms with van der Waals surface area (Å²) in [6.45, 7) is 6.54. The van der Waals surface area contributed by atoms with Crippen LogP contribution in [0.25, 0.3) is 21.3 Å². The number of carbonyl (C=O) groups excluding carboxylic acids is 1. The van der Waals surface area contributed by atoms with Crippen molar-refractivity contribution in [1.29, 1.82) is 0 Å². The summed E-state index contributed by atoms with van der Waals surface area (Å²) in [5.41, 5.74) is 4.93. The van der Waals surface area contributed by atoms with E-state index in [2.05, 4.69) is 58.8 Å². The second kappa shape index (κ2) is 9.90. The van der Waals surface area contributed by atoms with Crippen LogP contribution in [0.5, 0.6) is 0 Å². The normalized spacial score (nSPS) is 10.7. The fourth-order valence-corrected chi connectivity index (χ4v) is 4.19. The number of carbonyl (C=O) groups is 1. The van der Waals surface area contributed by atoms with E-state index in [0.29, 0.717) is 18.1 Å². The van der Waals surface area contributed by atoms with Gasteiger partial charge in [-0.15, -0.1) is 23.7 Å². The van der Waals surface area contributed by atoms with Crippen molar-refractivity contribution in [2.24, 2.45) is 0 Å². The number of halogens is 1. The van der Waals surface area contributed by atoms with Gasteiger partial charge in [-0.2, -0.15) is 0 Å². The number of thiophene rings is 1. The van der Waals surface area contributed by atoms with Crippen LogP contribution in [0, 0.1) is 0 Å². The summed E-state index contributed by atoms with van der Waals surface area (Å²) in [7, 11) is 0. The molecule has 0 aliphatic carbocycles. The Hall–Kier alpha value is -2.96. The van der Waals surface area contributed by atoms with E-state index >= 15 is 0 Å². The number of hydrogen-bond acceptors (Lipinski definition) is 6. The van der Waals surface area contributed by atoms with Crippen LogP contribution in [0.2, 0.25) is 0 Å². The average Bonchev–Trinajstić information content (AvgIpc) is 3.20. The van der Waals surface area contributed by atoms with Gasteiger partial charge in [-0.05, 0) is 48.2 Å². The van der Waals surface area contributed by atoms with Crippen LogP contribution in [-0.2, 0) is 4.74 Å². The minimum atomic E-state index is -0.321. The number of esters is 1. The Morgan fingerprint density at radius 3 is 2.42 bits per heavy atom. The number of hydrogen-bond donors (Lipinski definition) is 1. The molecule has 0 saturated heterocycles. The summed E-state index contributed by atoms with van der Waals surface area (Å²) >= 11 is 1.60. The van der Waals surface area contributed by atoms with Gasteiger partial charge >= 0.3 is 5.97 Å². The lowest BCUT2D eigenvalue weighted by Crippen LogP contribution is -2.04. The molecule has 160 valence electrons. The highest BCUT2D eigenvalue weighted by atomic mass is 35.5. The summed E-state index contributed by atoms with van der Waals surface area (Å²) in [5, 5.41) is 6.49. The third-order valence-electron chi connectivity index (χ3n) is 4.92. The first kappa shape index (κ1) is 22.7. The van der Waals surface area contributed by atoms with Crippen molar-refractivity contribution in [3.8, 4) is 11.1 Å². The first-order chi connectivity index (χ1) is 14.6. The number of anilines is 2. The Balaban J connectivity index is 0.00000272. The molecule has 0 aliphatic heterocycles. The van der Waals surface area contributed by atoms with Crippen LogP contribution in [0.15, 0.2) is 60.2 Å². The van der Waals surface area contributed by atoms with Crippen LogP contribution >= 0.6 is 23.7 Å². The summed E-state index contributed by atoms with van der Waals surface area (Å²) in [5.74, 6) is 0.919. The fourth-order valence-electron chi connectivity index (χ4n) is 3.27. The highest BCUT2D eigenvalue weighted by molar-refractivity contribution is 7.17. The van der Waals surface area contributed by atoms with Gasteiger partial charge in [0.2, 0.25) is 0 Å². The average molecular weight is 454 g/mol. The molecule has 31 heavy (non-hydrogen) atoms. The molecule has 0 amide bonds. The van der Waals surface area contributed by atoms with Crippen molar-refractivity contribution in [3.63, 3.8) is 0 Å². The second-order valence-corrected chi connectivity index (χ2v) is 8.11. The van der Waals surface area contributed by atoms with Gasteiger partial charge in [-0.25, -0.2) is 14.8 Å². The third kappa shape index (κ3) is 4.86. The molecule has 0 unspecified atom stereocenters. The largest absolute Gasteiger partial charge is 0.462 e. The molecule has 2 aromatic heterocycles. The SMILES string of the molecule is CCOC(=O)c1ccc(Nc2ncnc3scc(-c4ccc(C(C)C)cc4)c23)cc1.Cl. The highest BCUT2D eigenvalue weighted by Gasteiger charge is 2.14. The van der Waals surface area contributed by atoms with Gasteiger partial charge in [0.25, 0.3) is 0 Å². The molecule has 4 rings (SSSR count). The standard InChI is InChI=1S/C24H23N3O2S.ClH/c1-4-29-24(28)18-9-11-19(12-10-18)27-22-21-20(13-30-23(21)26-14-25-22)17-7-5-16(6-8-17)15(2)3;/h5-15H,4H2,1-3H3,(H,25,26,27);1H. The molecular formula is C24H24ClN3O2S. The number of rotatable bonds is 6. The van der Waals surface area contributed by atoms with Crippen molar-refractivity contribution < 1.29 is 9.53 Å². The topological polar surface area (TPSA) is 64.1 Å². The smallest absolute Gasteiger partial charge is 0.338 e. The van der Waals surface area contributed by atoms with Gasteiger partial charge < -0.3 is 10.1 Å². The Kier molecular flexibility index (Phi) is 7.25. The van der Waals surface area contributed by atoms with Crippen LogP contribution in [0.4, 0.5) is 11.5 Å². The minimum absolute atomic E-state index is 0. The van der Waals surface area contributed by atoms with Gasteiger partial charge in [0.1, 0.15) is 17.0 Å². The summed E-state index contributed by atoms with van der Waals surface area (Å²) in [6, 6.07) is 15.9. The number of fused-ring (bicyclic) bond motifs is 1. The molecule has 1 N–H and O–H groups in total. The lowest BCUT2D eigenvalue weighted by molar-refractivity contribution is 0.0526. The number of aromatic nitrogens is 2. The Labute approximate surface area is 191 Å². The zero-order valence-electron chi connectivity index (χ0n) is 17.6. The molecule has 4 aromatic rings. The lowest BCUT2D eigenvalue weighted by atomic mass is 9.99. The first-order valence-corrected chi connectivity index (χ1v) is 10.8. The van der Waals surface area contributed by atoms with Crippen molar-refractivity contribution >= 4 is 51.4 Å². The summed E-state index contributed by atoms with van der Waals surface area (Å²) in [4.78, 5) is 21.7. The Morgan fingerprint density at radius 2 is 1.77 bits per heavy atom. The van der Waals surface area contributed by atoms with E-state index in [1.165, 1.54) is 5.56 Å². The van der Waals surface area contributed by atoms with Gasteiger partial charge in [-0.1, -0.05) is 38.1 Å². The Bertz CT molecular complexity index is 1170. The van der Waals surface area contributed by atoms with E-state index in [1.807, 2.05) is 12.1 Å². The summed E-state index contributed by atoms with van der Waals surface area (Å²) < 4.78 is 5.04. The van der Waals surface area contributed by atoms with Gasteiger partial charge in [-0.3, -0.25) is 0 Å². The van der Waals surface area contributed by atoms with E-state index in [9.17, 15) is 4.79 Å². The van der Waals surface area contributed by atoms with Crippen LogP contribution in [0.3, 0.4) is 0 Å². The van der Waals surface area contributed by atoms with Gasteiger partial charge in [0.15, 0.2) is 0 Å².